The van der Waals surface area contributed by atoms with E-state index in [0.717, 1.165) is 29.5 Å². The fraction of sp³-hybridized carbons (Fsp3) is 0.333. The number of fused-ring (bicyclic) bond motifs is 2. The van der Waals surface area contributed by atoms with Gasteiger partial charge in [-0.1, -0.05) is 59.8 Å². The quantitative estimate of drug-likeness (QED) is 0.693. The van der Waals surface area contributed by atoms with Gasteiger partial charge in [0.1, 0.15) is 6.61 Å². The lowest BCUT2D eigenvalue weighted by atomic mass is 9.80. The third kappa shape index (κ3) is 3.48. The number of amides is 1. The van der Waals surface area contributed by atoms with Crippen molar-refractivity contribution >= 4 is 6.09 Å². The largest absolute Gasteiger partial charge is 0.445 e. The number of ether oxygens (including phenoxy) is 1. The molecular formula is C24H24N2O4. The van der Waals surface area contributed by atoms with Crippen LogP contribution in [-0.2, 0) is 16.9 Å². The van der Waals surface area contributed by atoms with Gasteiger partial charge in [0.25, 0.3) is 0 Å². The maximum Gasteiger partial charge on any atom is 0.410 e. The highest BCUT2D eigenvalue weighted by Crippen LogP contribution is 2.46. The summed E-state index contributed by atoms with van der Waals surface area (Å²) in [5, 5.41) is 15.2. The first kappa shape index (κ1) is 18.9. The Morgan fingerprint density at radius 3 is 2.40 bits per heavy atom. The van der Waals surface area contributed by atoms with E-state index in [2.05, 4.69) is 5.16 Å². The van der Waals surface area contributed by atoms with Crippen LogP contribution < -0.4 is 0 Å². The molecule has 6 nitrogen and oxygen atoms in total. The molecule has 2 aliphatic rings. The summed E-state index contributed by atoms with van der Waals surface area (Å²) in [5.74, 6) is 0.699. The van der Waals surface area contributed by atoms with Crippen molar-refractivity contribution in [1.82, 2.24) is 10.1 Å². The van der Waals surface area contributed by atoms with Crippen LogP contribution in [0.2, 0.25) is 0 Å². The first-order valence-corrected chi connectivity index (χ1v) is 10.4. The minimum Gasteiger partial charge on any atom is -0.445 e. The molecule has 30 heavy (non-hydrogen) atoms. The number of hydrogen-bond acceptors (Lipinski definition) is 5. The summed E-state index contributed by atoms with van der Waals surface area (Å²) in [4.78, 5) is 14.6. The van der Waals surface area contributed by atoms with Crippen molar-refractivity contribution < 1.29 is 19.2 Å². The van der Waals surface area contributed by atoms with Crippen LogP contribution in [0.5, 0.6) is 0 Å². The van der Waals surface area contributed by atoms with E-state index in [-0.39, 0.29) is 24.8 Å². The molecule has 0 saturated carbocycles. The Labute approximate surface area is 175 Å². The van der Waals surface area contributed by atoms with E-state index in [0.29, 0.717) is 18.6 Å². The minimum absolute atomic E-state index is 0.00836. The second-order valence-electron chi connectivity index (χ2n) is 8.23. The molecule has 0 aliphatic carbocycles. The number of hydrogen-bond donors (Lipinski definition) is 1. The van der Waals surface area contributed by atoms with Gasteiger partial charge < -0.3 is 19.3 Å². The van der Waals surface area contributed by atoms with E-state index in [1.165, 1.54) is 0 Å². The van der Waals surface area contributed by atoms with Crippen LogP contribution in [0.1, 0.15) is 36.8 Å². The van der Waals surface area contributed by atoms with Gasteiger partial charge in [0, 0.05) is 36.6 Å². The Kier molecular flexibility index (Phi) is 4.79. The molecule has 2 saturated heterocycles. The van der Waals surface area contributed by atoms with E-state index in [1.54, 1.807) is 6.20 Å². The summed E-state index contributed by atoms with van der Waals surface area (Å²) < 4.78 is 10.8. The highest BCUT2D eigenvalue weighted by molar-refractivity contribution is 5.69. The number of piperidine rings is 1. The number of carbonyl (C=O) groups excluding carboxylic acids is 1. The molecule has 2 atom stereocenters. The van der Waals surface area contributed by atoms with Crippen LogP contribution in [-0.4, -0.2) is 33.3 Å². The zero-order chi connectivity index (χ0) is 20.6. The van der Waals surface area contributed by atoms with Gasteiger partial charge in [0.15, 0.2) is 5.76 Å². The maximum atomic E-state index is 12.8. The van der Waals surface area contributed by atoms with Crippen molar-refractivity contribution in [3.05, 3.63) is 78.0 Å². The van der Waals surface area contributed by atoms with E-state index < -0.39 is 5.60 Å². The van der Waals surface area contributed by atoms with Crippen molar-refractivity contribution in [1.29, 1.82) is 0 Å². The topological polar surface area (TPSA) is 75.8 Å². The van der Waals surface area contributed by atoms with E-state index in [9.17, 15) is 9.90 Å². The van der Waals surface area contributed by atoms with Gasteiger partial charge in [0.2, 0.25) is 0 Å². The number of aromatic nitrogens is 1. The van der Waals surface area contributed by atoms with Crippen LogP contribution in [0.15, 0.2) is 71.4 Å². The molecule has 2 fully saturated rings. The third-order valence-electron chi connectivity index (χ3n) is 6.33. The number of carbonyl (C=O) groups is 1. The second kappa shape index (κ2) is 7.61. The summed E-state index contributed by atoms with van der Waals surface area (Å²) in [6.45, 7) is 0.267. The number of benzene rings is 2. The van der Waals surface area contributed by atoms with Crippen molar-refractivity contribution in [2.24, 2.45) is 0 Å². The second-order valence-corrected chi connectivity index (χ2v) is 8.23. The van der Waals surface area contributed by atoms with E-state index in [1.807, 2.05) is 65.6 Å². The number of rotatable bonds is 4. The molecule has 6 heteroatoms. The lowest BCUT2D eigenvalue weighted by Gasteiger charge is -2.43. The fourth-order valence-electron chi connectivity index (χ4n) is 4.86. The molecule has 3 heterocycles. The minimum atomic E-state index is -0.942. The van der Waals surface area contributed by atoms with Gasteiger partial charge in [0.05, 0.1) is 11.8 Å². The molecule has 0 spiro atoms. The Hall–Kier alpha value is -3.12. The maximum absolute atomic E-state index is 12.8. The standard InChI is InChI=1S/C24H24N2O4/c27-23(29-16-17-4-2-1-3-5-17)26-20-10-11-21(26)15-24(28,14-20)19-8-6-18(7-9-19)22-12-13-25-30-22/h1-9,12-13,20-21,28H,10-11,14-16H2. The number of aliphatic hydroxyl groups is 1. The van der Waals surface area contributed by atoms with Crippen LogP contribution >= 0.6 is 0 Å². The fourth-order valence-corrected chi connectivity index (χ4v) is 4.86. The van der Waals surface area contributed by atoms with Crippen molar-refractivity contribution in [2.75, 3.05) is 0 Å². The molecule has 154 valence electrons. The summed E-state index contributed by atoms with van der Waals surface area (Å²) in [6, 6.07) is 19.3. The Balaban J connectivity index is 1.28. The number of nitrogens with zero attached hydrogens (tertiary/aromatic N) is 2. The predicted molar refractivity (Wildman–Crippen MR) is 110 cm³/mol. The summed E-state index contributed by atoms with van der Waals surface area (Å²) in [6.07, 6.45) is 4.15. The lowest BCUT2D eigenvalue weighted by molar-refractivity contribution is -0.0536. The first-order valence-electron chi connectivity index (χ1n) is 10.4. The first-order chi connectivity index (χ1) is 14.6. The average Bonchev–Trinajstić information content (AvgIpc) is 3.40. The summed E-state index contributed by atoms with van der Waals surface area (Å²) >= 11 is 0. The van der Waals surface area contributed by atoms with Crippen molar-refractivity contribution in [3.63, 3.8) is 0 Å². The molecule has 1 amide bonds. The van der Waals surface area contributed by atoms with Crippen LogP contribution in [0.4, 0.5) is 4.79 Å². The van der Waals surface area contributed by atoms with Crippen LogP contribution in [0.25, 0.3) is 11.3 Å². The molecule has 0 radical (unpaired) electrons. The SMILES string of the molecule is O=C(OCc1ccccc1)N1C2CCC1CC(O)(c1ccc(-c3ccno3)cc1)C2. The van der Waals surface area contributed by atoms with Crippen LogP contribution in [0.3, 0.4) is 0 Å². The Morgan fingerprint density at radius 1 is 1.07 bits per heavy atom. The summed E-state index contributed by atoms with van der Waals surface area (Å²) in [7, 11) is 0. The molecule has 1 N–H and O–H groups in total. The average molecular weight is 404 g/mol. The van der Waals surface area contributed by atoms with Crippen molar-refractivity contribution in [3.8, 4) is 11.3 Å². The molecule has 5 rings (SSSR count). The van der Waals surface area contributed by atoms with Crippen LogP contribution in [0, 0.1) is 0 Å². The van der Waals surface area contributed by atoms with Gasteiger partial charge in [-0.2, -0.15) is 0 Å². The van der Waals surface area contributed by atoms with Gasteiger partial charge in [-0.3, -0.25) is 0 Å². The predicted octanol–water partition coefficient (Wildman–Crippen LogP) is 4.49. The van der Waals surface area contributed by atoms with E-state index in [4.69, 9.17) is 9.26 Å². The normalized spacial score (nSPS) is 25.3. The molecule has 2 aliphatic heterocycles. The highest BCUT2D eigenvalue weighted by Gasteiger charge is 2.50. The molecule has 3 aromatic rings. The Morgan fingerprint density at radius 2 is 1.77 bits per heavy atom. The zero-order valence-corrected chi connectivity index (χ0v) is 16.6. The van der Waals surface area contributed by atoms with Gasteiger partial charge in [-0.15, -0.1) is 0 Å². The van der Waals surface area contributed by atoms with E-state index >= 15 is 0 Å². The zero-order valence-electron chi connectivity index (χ0n) is 16.6. The van der Waals surface area contributed by atoms with Gasteiger partial charge in [-0.05, 0) is 24.0 Å². The lowest BCUT2D eigenvalue weighted by Crippen LogP contribution is -2.52. The van der Waals surface area contributed by atoms with Gasteiger partial charge >= 0.3 is 6.09 Å². The molecular weight excluding hydrogens is 380 g/mol. The smallest absolute Gasteiger partial charge is 0.410 e. The molecule has 2 unspecified atom stereocenters. The molecule has 1 aromatic heterocycles. The monoisotopic (exact) mass is 404 g/mol. The van der Waals surface area contributed by atoms with Gasteiger partial charge in [-0.25, -0.2) is 4.79 Å². The summed E-state index contributed by atoms with van der Waals surface area (Å²) in [5.41, 5.74) is 1.82. The molecule has 2 aromatic carbocycles. The third-order valence-corrected chi connectivity index (χ3v) is 6.33. The van der Waals surface area contributed by atoms with Crippen molar-refractivity contribution in [2.45, 2.75) is 50.0 Å². The molecule has 2 bridgehead atoms. The Bertz CT molecular complexity index is 987. The highest BCUT2D eigenvalue weighted by atomic mass is 16.6.